The van der Waals surface area contributed by atoms with E-state index in [1.54, 1.807) is 12.1 Å². The van der Waals surface area contributed by atoms with Crippen LogP contribution in [0.15, 0.2) is 58.1 Å². The van der Waals surface area contributed by atoms with Crippen molar-refractivity contribution in [2.45, 2.75) is 12.8 Å². The lowest BCUT2D eigenvalue weighted by atomic mass is 10.2. The molecule has 2 N–H and O–H groups in total. The molecule has 10 nitrogen and oxygen atoms in total. The molecule has 0 atom stereocenters. The number of nitrogens with one attached hydrogen (secondary N) is 2. The fourth-order valence-electron chi connectivity index (χ4n) is 3.09. The third-order valence-electron chi connectivity index (χ3n) is 4.59. The van der Waals surface area contributed by atoms with Gasteiger partial charge in [0.05, 0.1) is 15.6 Å². The topological polar surface area (TPSA) is 121 Å². The van der Waals surface area contributed by atoms with Gasteiger partial charge < -0.3 is 10.2 Å². The molecule has 4 rings (SSSR count). The van der Waals surface area contributed by atoms with E-state index < -0.39 is 4.92 Å². The van der Waals surface area contributed by atoms with E-state index in [4.69, 9.17) is 0 Å². The summed E-state index contributed by atoms with van der Waals surface area (Å²) in [4.78, 5) is 26.1. The molecule has 2 heterocycles. The molecule has 158 valence electrons. The minimum Gasteiger partial charge on any atom is -0.341 e. The quantitative estimate of drug-likeness (QED) is 0.289. The molecular formula is C20H19BrN8O2. The van der Waals surface area contributed by atoms with Gasteiger partial charge in [0.2, 0.25) is 17.8 Å². The van der Waals surface area contributed by atoms with Crippen molar-refractivity contribution in [3.63, 3.8) is 0 Å². The van der Waals surface area contributed by atoms with Gasteiger partial charge in [-0.3, -0.25) is 10.1 Å². The molecule has 1 aromatic heterocycles. The monoisotopic (exact) mass is 482 g/mol. The standard InChI is InChI=1S/C20H19BrN8O2/c21-16-9-8-14(12-17(16)29(30)31)13-22-27-19-24-18(23-15-6-2-1-3-7-15)25-20(26-19)28-10-4-5-11-28/h1-3,6-9,12-13H,4-5,10-11H2,(H2,23,24,25,26,27)/b22-13-. The molecule has 1 saturated heterocycles. The number of para-hydroxylation sites is 1. The van der Waals surface area contributed by atoms with Gasteiger partial charge >= 0.3 is 0 Å². The summed E-state index contributed by atoms with van der Waals surface area (Å²) in [7, 11) is 0. The molecule has 0 saturated carbocycles. The second kappa shape index (κ2) is 9.47. The van der Waals surface area contributed by atoms with E-state index in [1.807, 2.05) is 30.3 Å². The highest BCUT2D eigenvalue weighted by Gasteiger charge is 2.17. The van der Waals surface area contributed by atoms with Crippen LogP contribution in [0.2, 0.25) is 0 Å². The number of nitro groups is 1. The van der Waals surface area contributed by atoms with Gasteiger partial charge in [-0.2, -0.15) is 20.1 Å². The number of aromatic nitrogens is 3. The van der Waals surface area contributed by atoms with Gasteiger partial charge in [0.25, 0.3) is 5.69 Å². The molecule has 0 unspecified atom stereocenters. The van der Waals surface area contributed by atoms with Crippen LogP contribution in [0.25, 0.3) is 0 Å². The molecule has 2 aromatic carbocycles. The Hall–Kier alpha value is -3.60. The van der Waals surface area contributed by atoms with Crippen molar-refractivity contribution in [1.29, 1.82) is 0 Å². The normalized spacial score (nSPS) is 13.5. The zero-order valence-corrected chi connectivity index (χ0v) is 18.0. The minimum atomic E-state index is -0.454. The number of hydrogen-bond acceptors (Lipinski definition) is 9. The Morgan fingerprint density at radius 2 is 1.81 bits per heavy atom. The molecular weight excluding hydrogens is 464 g/mol. The van der Waals surface area contributed by atoms with Crippen molar-refractivity contribution in [1.82, 2.24) is 15.0 Å². The molecule has 1 aliphatic rings. The number of benzene rings is 2. The van der Waals surface area contributed by atoms with E-state index in [1.165, 1.54) is 12.3 Å². The lowest BCUT2D eigenvalue weighted by molar-refractivity contribution is -0.385. The predicted molar refractivity (Wildman–Crippen MR) is 123 cm³/mol. The first-order valence-electron chi connectivity index (χ1n) is 9.64. The first-order valence-corrected chi connectivity index (χ1v) is 10.4. The zero-order valence-electron chi connectivity index (χ0n) is 16.4. The summed E-state index contributed by atoms with van der Waals surface area (Å²) in [5.41, 5.74) is 4.20. The largest absolute Gasteiger partial charge is 0.341 e. The lowest BCUT2D eigenvalue weighted by Gasteiger charge is -2.16. The van der Waals surface area contributed by atoms with E-state index in [-0.39, 0.29) is 11.6 Å². The van der Waals surface area contributed by atoms with Gasteiger partial charge in [0.15, 0.2) is 0 Å². The Bertz CT molecular complexity index is 1100. The number of hydrazone groups is 1. The van der Waals surface area contributed by atoms with Crippen molar-refractivity contribution in [2.24, 2.45) is 5.10 Å². The number of rotatable bonds is 7. The number of nitro benzene ring substituents is 1. The van der Waals surface area contributed by atoms with Crippen molar-refractivity contribution in [2.75, 3.05) is 28.7 Å². The second-order valence-electron chi connectivity index (χ2n) is 6.81. The second-order valence-corrected chi connectivity index (χ2v) is 7.66. The summed E-state index contributed by atoms with van der Waals surface area (Å²) in [5.74, 6) is 1.25. The maximum absolute atomic E-state index is 11.1. The Balaban J connectivity index is 1.56. The maximum Gasteiger partial charge on any atom is 0.284 e. The third kappa shape index (κ3) is 5.31. The van der Waals surface area contributed by atoms with Gasteiger partial charge in [-0.05, 0) is 47.0 Å². The number of nitrogens with zero attached hydrogens (tertiary/aromatic N) is 6. The van der Waals surface area contributed by atoms with Gasteiger partial charge in [-0.1, -0.05) is 24.3 Å². The summed E-state index contributed by atoms with van der Waals surface area (Å²) in [6.07, 6.45) is 3.66. The highest BCUT2D eigenvalue weighted by atomic mass is 79.9. The SMILES string of the molecule is O=[N+]([O-])c1cc(/C=N\Nc2nc(Nc3ccccc3)nc(N3CCCC3)n2)ccc1Br. The van der Waals surface area contributed by atoms with Crippen molar-refractivity contribution < 1.29 is 4.92 Å². The Kier molecular flexibility index (Phi) is 6.32. The van der Waals surface area contributed by atoms with Crippen LogP contribution in [0.4, 0.5) is 29.2 Å². The number of hydrogen-bond donors (Lipinski definition) is 2. The molecule has 0 bridgehead atoms. The van der Waals surface area contributed by atoms with Crippen LogP contribution in [0.3, 0.4) is 0 Å². The average molecular weight is 483 g/mol. The van der Waals surface area contributed by atoms with Crippen molar-refractivity contribution in [3.05, 3.63) is 68.7 Å². The minimum absolute atomic E-state index is 0.0326. The zero-order chi connectivity index (χ0) is 21.6. The smallest absolute Gasteiger partial charge is 0.284 e. The van der Waals surface area contributed by atoms with Crippen molar-refractivity contribution >= 4 is 51.4 Å². The van der Waals surface area contributed by atoms with Gasteiger partial charge in [-0.25, -0.2) is 5.43 Å². The molecule has 3 aromatic rings. The molecule has 11 heteroatoms. The van der Waals surface area contributed by atoms with Crippen LogP contribution in [0, 0.1) is 10.1 Å². The van der Waals surface area contributed by atoms with E-state index in [2.05, 4.69) is 51.6 Å². The van der Waals surface area contributed by atoms with Crippen molar-refractivity contribution in [3.8, 4) is 0 Å². The Morgan fingerprint density at radius 3 is 2.55 bits per heavy atom. The molecule has 1 aliphatic heterocycles. The Labute approximate surface area is 186 Å². The predicted octanol–water partition coefficient (Wildman–Crippen LogP) is 4.33. The van der Waals surface area contributed by atoms with Crippen LogP contribution in [-0.4, -0.2) is 39.2 Å². The molecule has 31 heavy (non-hydrogen) atoms. The van der Waals surface area contributed by atoms with Crippen LogP contribution >= 0.6 is 15.9 Å². The van der Waals surface area contributed by atoms with Gasteiger partial charge in [-0.15, -0.1) is 0 Å². The summed E-state index contributed by atoms with van der Waals surface area (Å²) in [6.45, 7) is 1.78. The van der Waals surface area contributed by atoms with Crippen LogP contribution < -0.4 is 15.6 Å². The number of anilines is 4. The van der Waals surface area contributed by atoms with E-state index in [0.29, 0.717) is 21.9 Å². The number of halogens is 1. The molecule has 0 amide bonds. The molecule has 0 radical (unpaired) electrons. The molecule has 1 fully saturated rings. The first kappa shape index (κ1) is 20.7. The van der Waals surface area contributed by atoms with E-state index in [0.717, 1.165) is 31.6 Å². The molecule has 0 spiro atoms. The summed E-state index contributed by atoms with van der Waals surface area (Å²) >= 11 is 3.17. The van der Waals surface area contributed by atoms with Gasteiger partial charge in [0, 0.05) is 30.4 Å². The van der Waals surface area contributed by atoms with E-state index >= 15 is 0 Å². The van der Waals surface area contributed by atoms with Crippen LogP contribution in [0.1, 0.15) is 18.4 Å². The highest BCUT2D eigenvalue weighted by molar-refractivity contribution is 9.10. The summed E-state index contributed by atoms with van der Waals surface area (Å²) < 4.78 is 0.409. The third-order valence-corrected chi connectivity index (χ3v) is 5.26. The van der Waals surface area contributed by atoms with Crippen LogP contribution in [0.5, 0.6) is 0 Å². The Morgan fingerprint density at radius 1 is 1.06 bits per heavy atom. The fraction of sp³-hybridized carbons (Fsp3) is 0.200. The first-order chi connectivity index (χ1) is 15.1. The lowest BCUT2D eigenvalue weighted by Crippen LogP contribution is -2.21. The van der Waals surface area contributed by atoms with Gasteiger partial charge in [0.1, 0.15) is 0 Å². The molecule has 0 aliphatic carbocycles. The fourth-order valence-corrected chi connectivity index (χ4v) is 3.49. The maximum atomic E-state index is 11.1. The van der Waals surface area contributed by atoms with Crippen LogP contribution in [-0.2, 0) is 0 Å². The average Bonchev–Trinajstić information content (AvgIpc) is 3.30. The summed E-state index contributed by atoms with van der Waals surface area (Å²) in [5, 5.41) is 18.4. The highest BCUT2D eigenvalue weighted by Crippen LogP contribution is 2.25. The van der Waals surface area contributed by atoms with E-state index in [9.17, 15) is 10.1 Å². The summed E-state index contributed by atoms with van der Waals surface area (Å²) in [6, 6.07) is 14.4.